The molecule has 0 aromatic rings. The Balaban J connectivity index is 4.07. The average Bonchev–Trinajstić information content (AvgIpc) is 2.16. The summed E-state index contributed by atoms with van der Waals surface area (Å²) in [5, 5.41) is 11.4. The molecule has 0 heterocycles. The predicted molar refractivity (Wildman–Crippen MR) is 57.9 cm³/mol. The van der Waals surface area contributed by atoms with Crippen molar-refractivity contribution in [3.63, 3.8) is 0 Å². The monoisotopic (exact) mass is 201 g/mol. The highest BCUT2D eigenvalue weighted by Gasteiger charge is 2.32. The number of carbonyl (C=O) groups is 1. The minimum Gasteiger partial charge on any atom is -0.396 e. The summed E-state index contributed by atoms with van der Waals surface area (Å²) < 4.78 is 0. The smallest absolute Gasteiger partial charge is 0.225 e. The molecule has 0 radical (unpaired) electrons. The molecule has 1 unspecified atom stereocenters. The van der Waals surface area contributed by atoms with E-state index in [1.807, 2.05) is 13.8 Å². The first-order chi connectivity index (χ1) is 6.46. The van der Waals surface area contributed by atoms with Crippen molar-refractivity contribution in [2.75, 3.05) is 13.2 Å². The quantitative estimate of drug-likeness (QED) is 0.641. The number of aliphatic hydroxyl groups excluding tert-OH is 1. The zero-order chi connectivity index (χ0) is 11.2. The van der Waals surface area contributed by atoms with Crippen LogP contribution in [-0.2, 0) is 4.79 Å². The third-order valence-corrected chi connectivity index (χ3v) is 3.05. The van der Waals surface area contributed by atoms with Crippen molar-refractivity contribution < 1.29 is 9.90 Å². The highest BCUT2D eigenvalue weighted by Crippen LogP contribution is 2.28. The van der Waals surface area contributed by atoms with E-state index in [1.165, 1.54) is 0 Å². The lowest BCUT2D eigenvalue weighted by molar-refractivity contribution is -0.131. The zero-order valence-corrected chi connectivity index (χ0v) is 9.76. The van der Waals surface area contributed by atoms with Gasteiger partial charge in [-0.1, -0.05) is 34.1 Å². The fourth-order valence-electron chi connectivity index (χ4n) is 1.24. The molecule has 0 saturated heterocycles. The first kappa shape index (κ1) is 13.4. The van der Waals surface area contributed by atoms with Crippen molar-refractivity contribution in [3.8, 4) is 0 Å². The molecule has 0 saturated carbocycles. The van der Waals surface area contributed by atoms with E-state index in [0.29, 0.717) is 18.9 Å². The van der Waals surface area contributed by atoms with Gasteiger partial charge in [0.2, 0.25) is 5.91 Å². The van der Waals surface area contributed by atoms with Crippen LogP contribution in [0.4, 0.5) is 0 Å². The molecule has 0 aliphatic rings. The Labute approximate surface area is 86.9 Å². The topological polar surface area (TPSA) is 49.3 Å². The van der Waals surface area contributed by atoms with Crippen LogP contribution in [0.15, 0.2) is 0 Å². The average molecular weight is 201 g/mol. The number of aliphatic hydroxyl groups is 1. The van der Waals surface area contributed by atoms with Crippen molar-refractivity contribution in [1.29, 1.82) is 0 Å². The lowest BCUT2D eigenvalue weighted by Crippen LogP contribution is -2.41. The minimum atomic E-state index is -0.315. The Morgan fingerprint density at radius 2 is 2.07 bits per heavy atom. The van der Waals surface area contributed by atoms with Gasteiger partial charge < -0.3 is 10.4 Å². The molecule has 0 bridgehead atoms. The molecule has 1 amide bonds. The van der Waals surface area contributed by atoms with Crippen LogP contribution in [0.2, 0.25) is 0 Å². The number of hydrogen-bond donors (Lipinski definition) is 2. The number of rotatable bonds is 6. The van der Waals surface area contributed by atoms with E-state index in [4.69, 9.17) is 5.11 Å². The van der Waals surface area contributed by atoms with E-state index in [1.54, 1.807) is 0 Å². The molecule has 0 aromatic heterocycles. The fraction of sp³-hybridized carbons (Fsp3) is 0.909. The largest absolute Gasteiger partial charge is 0.396 e. The van der Waals surface area contributed by atoms with Gasteiger partial charge in [0.1, 0.15) is 0 Å². The third kappa shape index (κ3) is 3.66. The molecule has 0 fully saturated rings. The van der Waals surface area contributed by atoms with Crippen molar-refractivity contribution in [2.45, 2.75) is 40.5 Å². The Morgan fingerprint density at radius 3 is 2.50 bits per heavy atom. The van der Waals surface area contributed by atoms with E-state index in [9.17, 15) is 4.79 Å². The summed E-state index contributed by atoms with van der Waals surface area (Å²) in [5.41, 5.74) is -0.315. The van der Waals surface area contributed by atoms with Crippen molar-refractivity contribution in [1.82, 2.24) is 5.32 Å². The van der Waals surface area contributed by atoms with Crippen molar-refractivity contribution in [2.24, 2.45) is 11.3 Å². The molecular formula is C11H23NO2. The van der Waals surface area contributed by atoms with Gasteiger partial charge in [0.15, 0.2) is 0 Å². The third-order valence-electron chi connectivity index (χ3n) is 3.05. The first-order valence-electron chi connectivity index (χ1n) is 5.36. The zero-order valence-electron chi connectivity index (χ0n) is 9.76. The molecule has 0 rings (SSSR count). The van der Waals surface area contributed by atoms with Gasteiger partial charge in [0.05, 0.1) is 0 Å². The lowest BCUT2D eigenvalue weighted by atomic mass is 9.78. The highest BCUT2D eigenvalue weighted by atomic mass is 16.3. The number of carbonyl (C=O) groups excluding carboxylic acids is 1. The van der Waals surface area contributed by atoms with E-state index >= 15 is 0 Å². The molecular weight excluding hydrogens is 178 g/mol. The van der Waals surface area contributed by atoms with Crippen LogP contribution < -0.4 is 5.32 Å². The summed E-state index contributed by atoms with van der Waals surface area (Å²) in [6, 6.07) is 0. The number of amides is 1. The Bertz CT molecular complexity index is 178. The second-order valence-corrected chi connectivity index (χ2v) is 4.36. The maximum atomic E-state index is 11.7. The summed E-state index contributed by atoms with van der Waals surface area (Å²) in [7, 11) is 0. The van der Waals surface area contributed by atoms with Crippen molar-refractivity contribution in [3.05, 3.63) is 0 Å². The van der Waals surface area contributed by atoms with Crippen molar-refractivity contribution >= 4 is 5.91 Å². The van der Waals surface area contributed by atoms with Gasteiger partial charge in [0.25, 0.3) is 0 Å². The molecule has 0 aromatic carbocycles. The van der Waals surface area contributed by atoms with Gasteiger partial charge in [-0.2, -0.15) is 0 Å². The van der Waals surface area contributed by atoms with Crippen LogP contribution in [0, 0.1) is 11.3 Å². The summed E-state index contributed by atoms with van der Waals surface area (Å²) in [5.74, 6) is 0.455. The molecule has 84 valence electrons. The van der Waals surface area contributed by atoms with Gasteiger partial charge in [-0.15, -0.1) is 0 Å². The summed E-state index contributed by atoms with van der Waals surface area (Å²) >= 11 is 0. The van der Waals surface area contributed by atoms with Crippen LogP contribution in [-0.4, -0.2) is 24.2 Å². The summed E-state index contributed by atoms with van der Waals surface area (Å²) in [6.45, 7) is 8.81. The highest BCUT2D eigenvalue weighted by molar-refractivity contribution is 5.82. The standard InChI is InChI=1S/C11H23NO2/c1-5-9(2)11(3,4)10(14)12-7-6-8-13/h9,13H,5-8H2,1-4H3,(H,12,14). The molecule has 3 heteroatoms. The minimum absolute atomic E-state index is 0.0836. The maximum Gasteiger partial charge on any atom is 0.225 e. The summed E-state index contributed by atoms with van der Waals surface area (Å²) in [6.07, 6.45) is 1.63. The van der Waals surface area contributed by atoms with E-state index in [2.05, 4.69) is 19.2 Å². The Hall–Kier alpha value is -0.570. The van der Waals surface area contributed by atoms with Crippen LogP contribution in [0.1, 0.15) is 40.5 Å². The molecule has 14 heavy (non-hydrogen) atoms. The molecule has 0 aliphatic heterocycles. The normalized spacial score (nSPS) is 13.8. The van der Waals surface area contributed by atoms with Gasteiger partial charge >= 0.3 is 0 Å². The van der Waals surface area contributed by atoms with Crippen LogP contribution in [0.3, 0.4) is 0 Å². The Morgan fingerprint density at radius 1 is 1.50 bits per heavy atom. The van der Waals surface area contributed by atoms with Crippen LogP contribution in [0.25, 0.3) is 0 Å². The number of nitrogens with one attached hydrogen (secondary N) is 1. The van der Waals surface area contributed by atoms with E-state index in [-0.39, 0.29) is 17.9 Å². The van der Waals surface area contributed by atoms with Crippen LogP contribution in [0.5, 0.6) is 0 Å². The predicted octanol–water partition coefficient (Wildman–Crippen LogP) is 1.56. The second kappa shape index (κ2) is 6.02. The fourth-order valence-corrected chi connectivity index (χ4v) is 1.24. The molecule has 3 nitrogen and oxygen atoms in total. The Kier molecular flexibility index (Phi) is 5.77. The van der Waals surface area contributed by atoms with E-state index < -0.39 is 0 Å². The lowest BCUT2D eigenvalue weighted by Gasteiger charge is -2.29. The van der Waals surface area contributed by atoms with E-state index in [0.717, 1.165) is 6.42 Å². The summed E-state index contributed by atoms with van der Waals surface area (Å²) in [4.78, 5) is 11.7. The van der Waals surface area contributed by atoms with Gasteiger partial charge in [-0.05, 0) is 12.3 Å². The van der Waals surface area contributed by atoms with Gasteiger partial charge in [-0.3, -0.25) is 4.79 Å². The molecule has 0 aliphatic carbocycles. The maximum absolute atomic E-state index is 11.7. The van der Waals surface area contributed by atoms with Gasteiger partial charge in [-0.25, -0.2) is 0 Å². The van der Waals surface area contributed by atoms with Gasteiger partial charge in [0, 0.05) is 18.6 Å². The molecule has 0 spiro atoms. The van der Waals surface area contributed by atoms with Crippen LogP contribution >= 0.6 is 0 Å². The molecule has 2 N–H and O–H groups in total. The second-order valence-electron chi connectivity index (χ2n) is 4.36. The SMILES string of the molecule is CCC(C)C(C)(C)C(=O)NCCCO. The number of hydrogen-bond acceptors (Lipinski definition) is 2. The molecule has 1 atom stereocenters. The first-order valence-corrected chi connectivity index (χ1v) is 5.36.